The highest BCUT2D eigenvalue weighted by atomic mass is 16.6. The molecule has 0 bridgehead atoms. The zero-order valence-corrected chi connectivity index (χ0v) is 12.3. The van der Waals surface area contributed by atoms with Crippen molar-refractivity contribution in [2.75, 3.05) is 6.54 Å². The molecule has 7 heteroatoms. The van der Waals surface area contributed by atoms with Gasteiger partial charge >= 0.3 is 0 Å². The number of aromatic nitrogens is 3. The van der Waals surface area contributed by atoms with E-state index in [-0.39, 0.29) is 12.0 Å². The summed E-state index contributed by atoms with van der Waals surface area (Å²) in [5, 5.41) is 6.88. The summed E-state index contributed by atoms with van der Waals surface area (Å²) in [4.78, 5) is 16.1. The summed E-state index contributed by atoms with van der Waals surface area (Å²) in [6.07, 6.45) is 2.95. The van der Waals surface area contributed by atoms with Gasteiger partial charge in [0.15, 0.2) is 11.5 Å². The first-order valence-electron chi connectivity index (χ1n) is 7.26. The van der Waals surface area contributed by atoms with Crippen molar-refractivity contribution in [2.24, 2.45) is 0 Å². The molecule has 0 aliphatic carbocycles. The number of para-hydroxylation sites is 2. The maximum atomic E-state index is 12.2. The van der Waals surface area contributed by atoms with Crippen LogP contribution < -0.4 is 14.8 Å². The van der Waals surface area contributed by atoms with Crippen LogP contribution in [-0.4, -0.2) is 39.4 Å². The molecular formula is C15H18N4O3. The topological polar surface area (TPSA) is 78.3 Å². The Balaban J connectivity index is 1.50. The lowest BCUT2D eigenvalue weighted by atomic mass is 10.1. The van der Waals surface area contributed by atoms with Crippen molar-refractivity contribution in [3.63, 3.8) is 0 Å². The first-order valence-corrected chi connectivity index (χ1v) is 7.26. The van der Waals surface area contributed by atoms with Crippen LogP contribution in [0.15, 0.2) is 36.9 Å². The molecule has 0 radical (unpaired) electrons. The van der Waals surface area contributed by atoms with Crippen molar-refractivity contribution in [3.05, 3.63) is 36.9 Å². The number of benzene rings is 1. The first-order chi connectivity index (χ1) is 10.7. The van der Waals surface area contributed by atoms with E-state index in [0.717, 1.165) is 6.42 Å². The molecule has 0 unspecified atom stereocenters. The molecule has 1 aliphatic heterocycles. The minimum Gasteiger partial charge on any atom is -0.482 e. The van der Waals surface area contributed by atoms with Crippen LogP contribution in [-0.2, 0) is 11.3 Å². The molecule has 3 rings (SSSR count). The molecule has 2 aromatic rings. The molecule has 0 spiro atoms. The van der Waals surface area contributed by atoms with E-state index in [2.05, 4.69) is 15.4 Å². The van der Waals surface area contributed by atoms with Crippen LogP contribution in [0.25, 0.3) is 0 Å². The number of rotatable bonds is 5. The molecule has 0 saturated heterocycles. The van der Waals surface area contributed by atoms with Gasteiger partial charge in [0.2, 0.25) is 6.10 Å². The van der Waals surface area contributed by atoms with Crippen molar-refractivity contribution in [1.82, 2.24) is 20.1 Å². The second-order valence-corrected chi connectivity index (χ2v) is 5.11. The van der Waals surface area contributed by atoms with Gasteiger partial charge in [-0.2, -0.15) is 5.10 Å². The van der Waals surface area contributed by atoms with Crippen molar-refractivity contribution in [2.45, 2.75) is 32.1 Å². The summed E-state index contributed by atoms with van der Waals surface area (Å²) in [6.45, 7) is 3.09. The number of amides is 1. The molecule has 2 atom stereocenters. The summed E-state index contributed by atoms with van der Waals surface area (Å²) in [6, 6.07) is 7.36. The van der Waals surface area contributed by atoms with Gasteiger partial charge in [-0.1, -0.05) is 12.1 Å². The standard InChI is InChI=1S/C15H18N4O3/c1-11-14(22-13-6-3-2-5-12(13)21-11)15(20)17-7-4-8-19-10-16-9-18-19/h2-3,5-6,9-11,14H,4,7-8H2,1H3,(H,17,20)/t11-,14+/m1/s1. The van der Waals surface area contributed by atoms with Crippen LogP contribution in [0.4, 0.5) is 0 Å². The monoisotopic (exact) mass is 302 g/mol. The fourth-order valence-electron chi connectivity index (χ4n) is 2.31. The summed E-state index contributed by atoms with van der Waals surface area (Å²) >= 11 is 0. The molecule has 1 N–H and O–H groups in total. The zero-order valence-electron chi connectivity index (χ0n) is 12.3. The van der Waals surface area contributed by atoms with Gasteiger partial charge in [0.1, 0.15) is 18.8 Å². The van der Waals surface area contributed by atoms with E-state index in [9.17, 15) is 4.79 Å². The lowest BCUT2D eigenvalue weighted by molar-refractivity contribution is -0.133. The maximum Gasteiger partial charge on any atom is 0.265 e. The number of carbonyl (C=O) groups excluding carboxylic acids is 1. The van der Waals surface area contributed by atoms with Gasteiger partial charge in [-0.15, -0.1) is 0 Å². The lowest BCUT2D eigenvalue weighted by Gasteiger charge is -2.31. The quantitative estimate of drug-likeness (QED) is 0.834. The van der Waals surface area contributed by atoms with Crippen LogP contribution in [0.2, 0.25) is 0 Å². The summed E-state index contributed by atoms with van der Waals surface area (Å²) in [5.41, 5.74) is 0. The SMILES string of the molecule is C[C@H]1Oc2ccccc2O[C@@H]1C(=O)NCCCn1cncn1. The number of nitrogens with one attached hydrogen (secondary N) is 1. The predicted octanol–water partition coefficient (Wildman–Crippen LogP) is 1.01. The maximum absolute atomic E-state index is 12.2. The molecule has 1 amide bonds. The number of aryl methyl sites for hydroxylation is 1. The van der Waals surface area contributed by atoms with Crippen molar-refractivity contribution < 1.29 is 14.3 Å². The molecular weight excluding hydrogens is 284 g/mol. The minimum absolute atomic E-state index is 0.166. The summed E-state index contributed by atoms with van der Waals surface area (Å²) in [5.74, 6) is 1.11. The fraction of sp³-hybridized carbons (Fsp3) is 0.400. The van der Waals surface area contributed by atoms with Crippen molar-refractivity contribution in [1.29, 1.82) is 0 Å². The Morgan fingerprint density at radius 2 is 2.09 bits per heavy atom. The number of carbonyl (C=O) groups is 1. The Morgan fingerprint density at radius 1 is 1.32 bits per heavy atom. The lowest BCUT2D eigenvalue weighted by Crippen LogP contribution is -2.49. The average molecular weight is 302 g/mol. The average Bonchev–Trinajstić information content (AvgIpc) is 3.04. The molecule has 0 saturated carbocycles. The predicted molar refractivity (Wildman–Crippen MR) is 78.6 cm³/mol. The van der Waals surface area contributed by atoms with Gasteiger partial charge in [0.25, 0.3) is 5.91 Å². The van der Waals surface area contributed by atoms with Crippen LogP contribution in [0.3, 0.4) is 0 Å². The van der Waals surface area contributed by atoms with E-state index in [0.29, 0.717) is 24.6 Å². The molecule has 7 nitrogen and oxygen atoms in total. The minimum atomic E-state index is -0.638. The van der Waals surface area contributed by atoms with E-state index < -0.39 is 6.10 Å². The second-order valence-electron chi connectivity index (χ2n) is 5.11. The smallest absolute Gasteiger partial charge is 0.265 e. The molecule has 22 heavy (non-hydrogen) atoms. The zero-order chi connectivity index (χ0) is 15.4. The molecule has 1 aromatic heterocycles. The number of hydrogen-bond donors (Lipinski definition) is 1. The van der Waals surface area contributed by atoms with Crippen LogP contribution in [0, 0.1) is 0 Å². The molecule has 1 aliphatic rings. The normalized spacial score (nSPS) is 19.7. The highest BCUT2D eigenvalue weighted by Gasteiger charge is 2.33. The molecule has 116 valence electrons. The third-order valence-electron chi connectivity index (χ3n) is 3.43. The number of ether oxygens (including phenoxy) is 2. The Hall–Kier alpha value is -2.57. The summed E-state index contributed by atoms with van der Waals surface area (Å²) in [7, 11) is 0. The highest BCUT2D eigenvalue weighted by Crippen LogP contribution is 2.33. The third kappa shape index (κ3) is 3.19. The van der Waals surface area contributed by atoms with Crippen LogP contribution in [0.5, 0.6) is 11.5 Å². The van der Waals surface area contributed by atoms with Crippen molar-refractivity contribution in [3.8, 4) is 11.5 Å². The van der Waals surface area contributed by atoms with Crippen LogP contribution >= 0.6 is 0 Å². The molecule has 2 heterocycles. The van der Waals surface area contributed by atoms with Gasteiger partial charge in [0.05, 0.1) is 0 Å². The second kappa shape index (κ2) is 6.46. The van der Waals surface area contributed by atoms with Gasteiger partial charge in [-0.25, -0.2) is 4.98 Å². The van der Waals surface area contributed by atoms with Crippen molar-refractivity contribution >= 4 is 5.91 Å². The fourth-order valence-corrected chi connectivity index (χ4v) is 2.31. The largest absolute Gasteiger partial charge is 0.482 e. The van der Waals surface area contributed by atoms with Gasteiger partial charge < -0.3 is 14.8 Å². The molecule has 1 aromatic carbocycles. The number of hydrogen-bond acceptors (Lipinski definition) is 5. The molecule has 0 fully saturated rings. The van der Waals surface area contributed by atoms with Gasteiger partial charge in [0, 0.05) is 13.1 Å². The summed E-state index contributed by atoms with van der Waals surface area (Å²) < 4.78 is 13.2. The van der Waals surface area contributed by atoms with Crippen LogP contribution in [0.1, 0.15) is 13.3 Å². The third-order valence-corrected chi connectivity index (χ3v) is 3.43. The first kappa shape index (κ1) is 14.4. The van der Waals surface area contributed by atoms with E-state index >= 15 is 0 Å². The Morgan fingerprint density at radius 3 is 2.82 bits per heavy atom. The van der Waals surface area contributed by atoms with Gasteiger partial charge in [-0.3, -0.25) is 9.48 Å². The van der Waals surface area contributed by atoms with Gasteiger partial charge in [-0.05, 0) is 25.5 Å². The highest BCUT2D eigenvalue weighted by molar-refractivity contribution is 5.82. The number of fused-ring (bicyclic) bond motifs is 1. The van der Waals surface area contributed by atoms with E-state index in [4.69, 9.17) is 9.47 Å². The van der Waals surface area contributed by atoms with E-state index in [1.807, 2.05) is 25.1 Å². The Kier molecular flexibility index (Phi) is 4.22. The Labute approximate surface area is 128 Å². The van der Waals surface area contributed by atoms with E-state index in [1.165, 1.54) is 6.33 Å². The van der Waals surface area contributed by atoms with E-state index in [1.54, 1.807) is 17.1 Å². The Bertz CT molecular complexity index is 629. The number of nitrogens with zero attached hydrogens (tertiary/aromatic N) is 3.